The third kappa shape index (κ3) is 4.94. The fourth-order valence-electron chi connectivity index (χ4n) is 4.03. The highest BCUT2D eigenvalue weighted by Crippen LogP contribution is 2.34. The molecule has 2 saturated heterocycles. The minimum Gasteiger partial charge on any atom is -0.389 e. The van der Waals surface area contributed by atoms with Crippen LogP contribution < -0.4 is 0 Å². The molecule has 3 heteroatoms. The Bertz CT molecular complexity index is 297. The maximum Gasteiger partial charge on any atom is 0.0960 e. The van der Waals surface area contributed by atoms with Crippen molar-refractivity contribution in [2.75, 3.05) is 19.7 Å². The van der Waals surface area contributed by atoms with Crippen LogP contribution >= 0.6 is 0 Å². The number of piperidine rings is 1. The molecule has 4 unspecified atom stereocenters. The summed E-state index contributed by atoms with van der Waals surface area (Å²) in [5, 5.41) is 10.6. The molecule has 1 N–H and O–H groups in total. The van der Waals surface area contributed by atoms with Gasteiger partial charge in [0.05, 0.1) is 18.8 Å². The lowest BCUT2D eigenvalue weighted by Crippen LogP contribution is -2.65. The van der Waals surface area contributed by atoms with Gasteiger partial charge in [-0.25, -0.2) is 0 Å². The molecule has 2 fully saturated rings. The van der Waals surface area contributed by atoms with Crippen LogP contribution in [0, 0.1) is 5.92 Å². The second-order valence-corrected chi connectivity index (χ2v) is 7.37. The van der Waals surface area contributed by atoms with Crippen LogP contribution in [0.1, 0.15) is 78.1 Å². The van der Waals surface area contributed by atoms with Gasteiger partial charge in [0.25, 0.3) is 0 Å². The monoisotopic (exact) mass is 311 g/mol. The lowest BCUT2D eigenvalue weighted by Gasteiger charge is -2.52. The van der Waals surface area contributed by atoms with E-state index in [0.29, 0.717) is 12.0 Å². The largest absolute Gasteiger partial charge is 0.389 e. The van der Waals surface area contributed by atoms with Crippen LogP contribution in [0.3, 0.4) is 0 Å². The summed E-state index contributed by atoms with van der Waals surface area (Å²) in [6.07, 6.45) is 12.9. The van der Waals surface area contributed by atoms with E-state index in [2.05, 4.69) is 18.7 Å². The van der Waals surface area contributed by atoms with Gasteiger partial charge in [0, 0.05) is 18.5 Å². The first-order valence-electron chi connectivity index (χ1n) is 9.81. The molecule has 2 heterocycles. The Morgan fingerprint density at radius 2 is 1.64 bits per heavy atom. The number of likely N-dealkylation sites (tertiary alicyclic amines) is 1. The van der Waals surface area contributed by atoms with Crippen molar-refractivity contribution in [3.8, 4) is 0 Å². The Hall–Kier alpha value is -0.120. The average molecular weight is 312 g/mol. The second kappa shape index (κ2) is 9.89. The van der Waals surface area contributed by atoms with Gasteiger partial charge < -0.3 is 9.84 Å². The van der Waals surface area contributed by atoms with Gasteiger partial charge >= 0.3 is 0 Å². The molecular formula is C19H37NO2. The number of unbranched alkanes of at least 4 members (excludes halogenated alkanes) is 7. The summed E-state index contributed by atoms with van der Waals surface area (Å²) in [4.78, 5) is 2.56. The quantitative estimate of drug-likeness (QED) is 0.586. The van der Waals surface area contributed by atoms with Crippen LogP contribution in [-0.4, -0.2) is 48.0 Å². The first-order valence-corrected chi connectivity index (χ1v) is 9.81. The molecule has 0 saturated carbocycles. The summed E-state index contributed by atoms with van der Waals surface area (Å²) in [5.74, 6) is 0.581. The van der Waals surface area contributed by atoms with Crippen LogP contribution in [0.15, 0.2) is 0 Å². The van der Waals surface area contributed by atoms with Gasteiger partial charge in [-0.05, 0) is 19.4 Å². The number of rotatable bonds is 11. The molecular weight excluding hydrogens is 274 g/mol. The topological polar surface area (TPSA) is 32.7 Å². The van der Waals surface area contributed by atoms with Crippen molar-refractivity contribution < 1.29 is 9.84 Å². The predicted molar refractivity (Wildman–Crippen MR) is 92.1 cm³/mol. The van der Waals surface area contributed by atoms with Crippen LogP contribution in [0.2, 0.25) is 0 Å². The highest BCUT2D eigenvalue weighted by Gasteiger charge is 2.47. The summed E-state index contributed by atoms with van der Waals surface area (Å²) < 4.78 is 5.63. The van der Waals surface area contributed by atoms with Crippen LogP contribution in [0.25, 0.3) is 0 Å². The van der Waals surface area contributed by atoms with Gasteiger partial charge in [-0.2, -0.15) is 0 Å². The third-order valence-corrected chi connectivity index (χ3v) is 5.54. The summed E-state index contributed by atoms with van der Waals surface area (Å²) in [6, 6.07) is 0.337. The zero-order valence-corrected chi connectivity index (χ0v) is 14.8. The van der Waals surface area contributed by atoms with Crippen LogP contribution in [0.4, 0.5) is 0 Å². The minimum absolute atomic E-state index is 0.132. The Morgan fingerprint density at radius 3 is 2.27 bits per heavy atom. The molecule has 0 aromatic heterocycles. The Labute approximate surface area is 137 Å². The molecule has 22 heavy (non-hydrogen) atoms. The molecule has 2 aliphatic heterocycles. The van der Waals surface area contributed by atoms with Gasteiger partial charge in [-0.1, -0.05) is 65.2 Å². The Balaban J connectivity index is 1.70. The van der Waals surface area contributed by atoms with E-state index in [4.69, 9.17) is 4.74 Å². The molecule has 130 valence electrons. The van der Waals surface area contributed by atoms with E-state index in [9.17, 15) is 5.11 Å². The molecule has 0 bridgehead atoms. The normalized spacial score (nSPS) is 31.8. The maximum absolute atomic E-state index is 10.6. The molecule has 3 nitrogen and oxygen atoms in total. The number of aliphatic hydroxyl groups excluding tert-OH is 1. The predicted octanol–water partition coefficient (Wildman–Crippen LogP) is 3.99. The summed E-state index contributed by atoms with van der Waals surface area (Å²) in [6.45, 7) is 7.67. The number of fused-ring (bicyclic) bond motifs is 1. The molecule has 0 spiro atoms. The molecule has 2 rings (SSSR count). The van der Waals surface area contributed by atoms with E-state index in [-0.39, 0.29) is 12.2 Å². The van der Waals surface area contributed by atoms with Crippen molar-refractivity contribution in [3.63, 3.8) is 0 Å². The van der Waals surface area contributed by atoms with Crippen molar-refractivity contribution in [3.05, 3.63) is 0 Å². The van der Waals surface area contributed by atoms with E-state index < -0.39 is 0 Å². The van der Waals surface area contributed by atoms with Crippen molar-refractivity contribution in [1.82, 2.24) is 4.90 Å². The van der Waals surface area contributed by atoms with Crippen LogP contribution in [-0.2, 0) is 4.74 Å². The summed E-state index contributed by atoms with van der Waals surface area (Å²) >= 11 is 0. The van der Waals surface area contributed by atoms with Crippen molar-refractivity contribution in [2.45, 2.75) is 96.3 Å². The van der Waals surface area contributed by atoms with E-state index in [1.165, 1.54) is 57.8 Å². The zero-order chi connectivity index (χ0) is 15.8. The van der Waals surface area contributed by atoms with Gasteiger partial charge in [-0.15, -0.1) is 0 Å². The Morgan fingerprint density at radius 1 is 0.955 bits per heavy atom. The standard InChI is InChI=1S/C19H37NO2/c1-3-5-7-8-9-10-11-12-17-18(21)19-16(15-22-19)14-20(17)13-6-4-2/h16-19,21H,3-15H2,1-2H3. The highest BCUT2D eigenvalue weighted by atomic mass is 16.5. The first kappa shape index (κ1) is 18.2. The smallest absolute Gasteiger partial charge is 0.0960 e. The number of hydrogen-bond acceptors (Lipinski definition) is 3. The van der Waals surface area contributed by atoms with Gasteiger partial charge in [0.15, 0.2) is 0 Å². The first-order chi connectivity index (χ1) is 10.8. The molecule has 0 amide bonds. The second-order valence-electron chi connectivity index (χ2n) is 7.37. The van der Waals surface area contributed by atoms with Gasteiger partial charge in [0.2, 0.25) is 0 Å². The fraction of sp³-hybridized carbons (Fsp3) is 1.00. The highest BCUT2D eigenvalue weighted by molar-refractivity contribution is 4.98. The number of hydrogen-bond donors (Lipinski definition) is 1. The van der Waals surface area contributed by atoms with E-state index in [1.807, 2.05) is 0 Å². The average Bonchev–Trinajstić information content (AvgIpc) is 2.49. The third-order valence-electron chi connectivity index (χ3n) is 5.54. The minimum atomic E-state index is -0.260. The number of aliphatic hydroxyl groups is 1. The summed E-state index contributed by atoms with van der Waals surface area (Å²) in [7, 11) is 0. The Kier molecular flexibility index (Phi) is 8.19. The molecule has 2 aliphatic rings. The lowest BCUT2D eigenvalue weighted by atomic mass is 9.82. The maximum atomic E-state index is 10.6. The van der Waals surface area contributed by atoms with Crippen molar-refractivity contribution >= 4 is 0 Å². The van der Waals surface area contributed by atoms with Crippen molar-refractivity contribution in [1.29, 1.82) is 0 Å². The molecule has 0 aliphatic carbocycles. The SMILES string of the molecule is CCCCCCCCCC1C(O)C2OCC2CN1CCCC. The lowest BCUT2D eigenvalue weighted by molar-refractivity contribution is -0.218. The van der Waals surface area contributed by atoms with E-state index >= 15 is 0 Å². The van der Waals surface area contributed by atoms with Crippen molar-refractivity contribution in [2.24, 2.45) is 5.92 Å². The van der Waals surface area contributed by atoms with E-state index in [1.54, 1.807) is 0 Å². The molecule has 0 aromatic rings. The zero-order valence-electron chi connectivity index (χ0n) is 14.8. The number of ether oxygens (including phenoxy) is 1. The fourth-order valence-corrected chi connectivity index (χ4v) is 4.03. The molecule has 0 aromatic carbocycles. The molecule has 0 radical (unpaired) electrons. The summed E-state index contributed by atoms with van der Waals surface area (Å²) in [5.41, 5.74) is 0. The van der Waals surface area contributed by atoms with E-state index in [0.717, 1.165) is 26.1 Å². The van der Waals surface area contributed by atoms with Gasteiger partial charge in [-0.3, -0.25) is 4.90 Å². The number of nitrogens with zero attached hydrogens (tertiary/aromatic N) is 1. The van der Waals surface area contributed by atoms with Crippen LogP contribution in [0.5, 0.6) is 0 Å². The van der Waals surface area contributed by atoms with Gasteiger partial charge in [0.1, 0.15) is 0 Å². The molecule has 4 atom stereocenters.